The van der Waals surface area contributed by atoms with E-state index in [0.717, 1.165) is 16.6 Å². The van der Waals surface area contributed by atoms with E-state index in [2.05, 4.69) is 12.2 Å². The van der Waals surface area contributed by atoms with E-state index in [-0.39, 0.29) is 17.2 Å². The molecule has 5 atom stereocenters. The van der Waals surface area contributed by atoms with Gasteiger partial charge in [-0.1, -0.05) is 6.42 Å². The zero-order valence-electron chi connectivity index (χ0n) is 13.2. The maximum atomic E-state index is 12.4. The van der Waals surface area contributed by atoms with Crippen LogP contribution in [0.5, 0.6) is 0 Å². The van der Waals surface area contributed by atoms with Gasteiger partial charge < -0.3 is 10.5 Å². The number of fused-ring (bicyclic) bond motifs is 2. The van der Waals surface area contributed by atoms with E-state index in [4.69, 9.17) is 0 Å². The fourth-order valence-electron chi connectivity index (χ4n) is 4.09. The van der Waals surface area contributed by atoms with Crippen molar-refractivity contribution in [3.63, 3.8) is 0 Å². The largest absolute Gasteiger partial charge is 0.618 e. The van der Waals surface area contributed by atoms with Crippen LogP contribution in [0.3, 0.4) is 0 Å². The number of carbonyl (C=O) groups excluding carboxylic acids is 1. The van der Waals surface area contributed by atoms with Gasteiger partial charge in [-0.3, -0.25) is 4.79 Å². The predicted octanol–water partition coefficient (Wildman–Crippen LogP) is 2.74. The number of pyridine rings is 1. The summed E-state index contributed by atoms with van der Waals surface area (Å²) < 4.78 is 0.813. The number of hydrogen-bond acceptors (Lipinski definition) is 3. The molecule has 2 bridgehead atoms. The van der Waals surface area contributed by atoms with Crippen molar-refractivity contribution in [2.24, 2.45) is 17.8 Å². The first-order valence-electron chi connectivity index (χ1n) is 8.20. The van der Waals surface area contributed by atoms with Gasteiger partial charge in [0.25, 0.3) is 5.03 Å². The Bertz CT molecular complexity index is 551. The first kappa shape index (κ1) is 15.7. The van der Waals surface area contributed by atoms with E-state index < -0.39 is 0 Å². The summed E-state index contributed by atoms with van der Waals surface area (Å²) in [5, 5.41) is 15.1. The number of carbonyl (C=O) groups is 1. The van der Waals surface area contributed by atoms with Gasteiger partial charge in [-0.25, -0.2) is 0 Å². The molecule has 0 spiro atoms. The molecular weight excluding hydrogens is 296 g/mol. The molecule has 0 saturated heterocycles. The number of nitrogens with zero attached hydrogens (tertiary/aromatic N) is 1. The zero-order chi connectivity index (χ0) is 15.7. The molecule has 5 heteroatoms. The number of hydrogen-bond donors (Lipinski definition) is 1. The monoisotopic (exact) mass is 320 g/mol. The van der Waals surface area contributed by atoms with E-state index in [1.54, 1.807) is 12.1 Å². The average Bonchev–Trinajstić information content (AvgIpc) is 3.12. The van der Waals surface area contributed by atoms with Gasteiger partial charge in [0.1, 0.15) is 0 Å². The van der Waals surface area contributed by atoms with E-state index in [9.17, 15) is 10.0 Å². The minimum absolute atomic E-state index is 0.0316. The summed E-state index contributed by atoms with van der Waals surface area (Å²) >= 11 is 1.32. The van der Waals surface area contributed by atoms with Crippen molar-refractivity contribution in [1.29, 1.82) is 0 Å². The Morgan fingerprint density at radius 3 is 2.82 bits per heavy atom. The van der Waals surface area contributed by atoms with Crippen LogP contribution in [0.1, 0.15) is 39.5 Å². The summed E-state index contributed by atoms with van der Waals surface area (Å²) in [6.45, 7) is 4.00. The lowest BCUT2D eigenvalue weighted by Crippen LogP contribution is -2.43. The molecule has 2 saturated carbocycles. The summed E-state index contributed by atoms with van der Waals surface area (Å²) in [6.07, 6.45) is 6.80. The summed E-state index contributed by atoms with van der Waals surface area (Å²) in [5.41, 5.74) is 0. The molecule has 0 unspecified atom stereocenters. The minimum Gasteiger partial charge on any atom is -0.618 e. The Hall–Kier alpha value is -1.23. The number of rotatable bonds is 5. The lowest BCUT2D eigenvalue weighted by Gasteiger charge is -2.29. The van der Waals surface area contributed by atoms with Crippen molar-refractivity contribution in [2.75, 3.05) is 0 Å². The molecule has 0 aromatic carbocycles. The van der Waals surface area contributed by atoms with Crippen molar-refractivity contribution >= 4 is 17.7 Å². The Labute approximate surface area is 136 Å². The molecule has 0 aliphatic heterocycles. The Morgan fingerprint density at radius 1 is 1.36 bits per heavy atom. The standard InChI is InChI=1S/C17H24N2O2S/c1-11(15-10-13-6-7-14(15)9-13)18-17(20)12(2)22-16-5-3-4-8-19(16)21/h3-5,8,11-15H,6-7,9-10H2,1-2H3,(H,18,20)/t11-,12+,13+,14+,15+/m1/s1. The highest BCUT2D eigenvalue weighted by atomic mass is 32.2. The molecule has 1 aromatic heterocycles. The average molecular weight is 320 g/mol. The molecule has 1 N–H and O–H groups in total. The molecule has 2 fully saturated rings. The van der Waals surface area contributed by atoms with Crippen LogP contribution in [0.2, 0.25) is 0 Å². The van der Waals surface area contributed by atoms with E-state index in [1.165, 1.54) is 43.6 Å². The third-order valence-corrected chi connectivity index (χ3v) is 6.39. The van der Waals surface area contributed by atoms with Gasteiger partial charge in [0.15, 0.2) is 6.20 Å². The number of thioether (sulfide) groups is 1. The van der Waals surface area contributed by atoms with Crippen LogP contribution in [-0.2, 0) is 4.79 Å². The van der Waals surface area contributed by atoms with Crippen molar-refractivity contribution < 1.29 is 9.52 Å². The van der Waals surface area contributed by atoms with Crippen LogP contribution in [0.15, 0.2) is 29.4 Å². The Morgan fingerprint density at radius 2 is 2.18 bits per heavy atom. The third kappa shape index (κ3) is 3.24. The highest BCUT2D eigenvalue weighted by molar-refractivity contribution is 8.00. The van der Waals surface area contributed by atoms with Gasteiger partial charge >= 0.3 is 0 Å². The molecule has 22 heavy (non-hydrogen) atoms. The molecule has 4 nitrogen and oxygen atoms in total. The van der Waals surface area contributed by atoms with Crippen LogP contribution in [0.25, 0.3) is 0 Å². The minimum atomic E-state index is -0.261. The number of nitrogens with one attached hydrogen (secondary N) is 1. The van der Waals surface area contributed by atoms with Crippen LogP contribution in [0, 0.1) is 23.0 Å². The number of aromatic nitrogens is 1. The van der Waals surface area contributed by atoms with Gasteiger partial charge in [0.05, 0.1) is 5.25 Å². The van der Waals surface area contributed by atoms with Gasteiger partial charge in [-0.15, -0.1) is 0 Å². The van der Waals surface area contributed by atoms with Crippen molar-refractivity contribution in [2.45, 2.75) is 55.8 Å². The second-order valence-electron chi connectivity index (χ2n) is 6.76. The maximum Gasteiger partial charge on any atom is 0.252 e. The quantitative estimate of drug-likeness (QED) is 0.515. The van der Waals surface area contributed by atoms with Gasteiger partial charge in [-0.05, 0) is 68.7 Å². The lowest BCUT2D eigenvalue weighted by atomic mass is 9.84. The second-order valence-corrected chi connectivity index (χ2v) is 8.12. The fraction of sp³-hybridized carbons (Fsp3) is 0.647. The van der Waals surface area contributed by atoms with Crippen LogP contribution < -0.4 is 10.0 Å². The van der Waals surface area contributed by atoms with Crippen molar-refractivity contribution in [3.8, 4) is 0 Å². The summed E-state index contributed by atoms with van der Waals surface area (Å²) in [4.78, 5) is 12.4. The van der Waals surface area contributed by atoms with Crippen LogP contribution in [-0.4, -0.2) is 17.2 Å². The SMILES string of the molecule is C[C@H](Sc1cccc[n+]1[O-])C(=O)N[C@H](C)[C@@H]1C[C@H]2CC[C@H]1C2. The molecule has 3 rings (SSSR count). The zero-order valence-corrected chi connectivity index (χ0v) is 14.0. The third-order valence-electron chi connectivity index (χ3n) is 5.26. The predicted molar refractivity (Wildman–Crippen MR) is 87.3 cm³/mol. The molecule has 2 aliphatic carbocycles. The highest BCUT2D eigenvalue weighted by Crippen LogP contribution is 2.49. The van der Waals surface area contributed by atoms with Gasteiger partial charge in [-0.2, -0.15) is 4.73 Å². The van der Waals surface area contributed by atoms with Crippen molar-refractivity contribution in [1.82, 2.24) is 5.32 Å². The summed E-state index contributed by atoms with van der Waals surface area (Å²) in [6, 6.07) is 5.50. The molecule has 1 amide bonds. The van der Waals surface area contributed by atoms with Gasteiger partial charge in [0, 0.05) is 18.2 Å². The second kappa shape index (κ2) is 6.49. The Balaban J connectivity index is 1.54. The smallest absolute Gasteiger partial charge is 0.252 e. The molecule has 0 radical (unpaired) electrons. The van der Waals surface area contributed by atoms with Crippen LogP contribution in [0.4, 0.5) is 0 Å². The normalized spacial score (nSPS) is 29.3. The maximum absolute atomic E-state index is 12.4. The number of amides is 1. The van der Waals surface area contributed by atoms with Gasteiger partial charge in [0.2, 0.25) is 5.91 Å². The van der Waals surface area contributed by atoms with E-state index in [1.807, 2.05) is 13.0 Å². The molecule has 1 aromatic rings. The summed E-state index contributed by atoms with van der Waals surface area (Å²) in [7, 11) is 0. The van der Waals surface area contributed by atoms with Crippen molar-refractivity contribution in [3.05, 3.63) is 29.6 Å². The molecule has 120 valence electrons. The Kier molecular flexibility index (Phi) is 4.62. The topological polar surface area (TPSA) is 56.0 Å². The first-order valence-corrected chi connectivity index (χ1v) is 9.07. The fourth-order valence-corrected chi connectivity index (χ4v) is 4.95. The van der Waals surface area contributed by atoms with E-state index in [0.29, 0.717) is 10.9 Å². The molecule has 2 aliphatic rings. The highest BCUT2D eigenvalue weighted by Gasteiger charge is 2.42. The molecular formula is C17H24N2O2S. The lowest BCUT2D eigenvalue weighted by molar-refractivity contribution is -0.645. The summed E-state index contributed by atoms with van der Waals surface area (Å²) in [5.74, 6) is 2.37. The van der Waals surface area contributed by atoms with E-state index >= 15 is 0 Å². The first-order chi connectivity index (χ1) is 10.5. The van der Waals surface area contributed by atoms with Crippen LogP contribution >= 0.6 is 11.8 Å². The molecule has 1 heterocycles.